The maximum absolute atomic E-state index is 13.5. The van der Waals surface area contributed by atoms with Gasteiger partial charge >= 0.3 is 0 Å². The van der Waals surface area contributed by atoms with E-state index in [1.54, 1.807) is 0 Å². The summed E-state index contributed by atoms with van der Waals surface area (Å²) in [4.78, 5) is 2.50. The number of piperidine rings is 1. The molecule has 1 heterocycles. The first kappa shape index (κ1) is 18.1. The van der Waals surface area contributed by atoms with E-state index in [0.717, 1.165) is 50.5 Å². The van der Waals surface area contributed by atoms with Crippen molar-refractivity contribution in [2.24, 2.45) is 11.8 Å². The first-order valence-electron chi connectivity index (χ1n) is 8.16. The third-order valence-corrected chi connectivity index (χ3v) is 4.31. The van der Waals surface area contributed by atoms with E-state index in [2.05, 4.69) is 29.4 Å². The van der Waals surface area contributed by atoms with Crippen LogP contribution < -0.4 is 10.6 Å². The van der Waals surface area contributed by atoms with Gasteiger partial charge in [0.05, 0.1) is 5.69 Å². The van der Waals surface area contributed by atoms with Gasteiger partial charge < -0.3 is 15.5 Å². The van der Waals surface area contributed by atoms with E-state index >= 15 is 0 Å². The van der Waals surface area contributed by atoms with Crippen LogP contribution in [0.15, 0.2) is 18.2 Å². The molecule has 3 nitrogen and oxygen atoms in total. The molecule has 2 atom stereocenters. The molecule has 6 heteroatoms. The lowest BCUT2D eigenvalue weighted by atomic mass is 9.92. The molecule has 1 aliphatic heterocycles. The minimum absolute atomic E-state index is 0.183. The van der Waals surface area contributed by atoms with Crippen molar-refractivity contribution in [1.29, 1.82) is 0 Å². The van der Waals surface area contributed by atoms with Crippen LogP contribution in [0.25, 0.3) is 0 Å². The maximum atomic E-state index is 13.5. The SMILES string of the molecule is C[C@H]1C[C@H](C)CN(CCCNC(=S)Nc2ccc(F)cc2F)C1. The van der Waals surface area contributed by atoms with Crippen LogP contribution in [0.1, 0.15) is 26.7 Å². The third-order valence-electron chi connectivity index (χ3n) is 4.06. The van der Waals surface area contributed by atoms with Crippen LogP contribution in [-0.2, 0) is 0 Å². The van der Waals surface area contributed by atoms with Gasteiger partial charge in [0, 0.05) is 25.7 Å². The zero-order valence-corrected chi connectivity index (χ0v) is 14.6. The molecule has 1 aliphatic rings. The molecule has 0 spiro atoms. The van der Waals surface area contributed by atoms with Gasteiger partial charge in [-0.15, -0.1) is 0 Å². The summed E-state index contributed by atoms with van der Waals surface area (Å²) in [5.41, 5.74) is 0.183. The van der Waals surface area contributed by atoms with Crippen LogP contribution in [-0.4, -0.2) is 36.2 Å². The van der Waals surface area contributed by atoms with Crippen molar-refractivity contribution in [3.8, 4) is 0 Å². The monoisotopic (exact) mass is 341 g/mol. The molecule has 0 aromatic heterocycles. The van der Waals surface area contributed by atoms with Crippen molar-refractivity contribution in [3.63, 3.8) is 0 Å². The minimum Gasteiger partial charge on any atom is -0.362 e. The summed E-state index contributed by atoms with van der Waals surface area (Å²) in [6, 6.07) is 3.38. The van der Waals surface area contributed by atoms with Crippen molar-refractivity contribution >= 4 is 23.0 Å². The fourth-order valence-corrected chi connectivity index (χ4v) is 3.45. The predicted octanol–water partition coefficient (Wildman–Crippen LogP) is 3.62. The lowest BCUT2D eigenvalue weighted by Crippen LogP contribution is -2.40. The van der Waals surface area contributed by atoms with E-state index in [0.29, 0.717) is 5.11 Å². The van der Waals surface area contributed by atoms with Crippen LogP contribution in [0, 0.1) is 23.5 Å². The van der Waals surface area contributed by atoms with Crippen LogP contribution in [0.4, 0.5) is 14.5 Å². The Bertz CT molecular complexity index is 529. The van der Waals surface area contributed by atoms with Crippen LogP contribution >= 0.6 is 12.2 Å². The number of halogens is 2. The zero-order valence-electron chi connectivity index (χ0n) is 13.7. The quantitative estimate of drug-likeness (QED) is 0.632. The highest BCUT2D eigenvalue weighted by Gasteiger charge is 2.20. The predicted molar refractivity (Wildman–Crippen MR) is 94.6 cm³/mol. The van der Waals surface area contributed by atoms with E-state index in [1.807, 2.05) is 0 Å². The molecule has 1 fully saturated rings. The Hall–Kier alpha value is -1.27. The number of benzene rings is 1. The molecule has 23 heavy (non-hydrogen) atoms. The lowest BCUT2D eigenvalue weighted by molar-refractivity contribution is 0.140. The van der Waals surface area contributed by atoms with Gasteiger partial charge in [-0.1, -0.05) is 13.8 Å². The molecule has 0 bridgehead atoms. The smallest absolute Gasteiger partial charge is 0.170 e. The van der Waals surface area contributed by atoms with Gasteiger partial charge in [0.25, 0.3) is 0 Å². The fraction of sp³-hybridized carbons (Fsp3) is 0.588. The summed E-state index contributed by atoms with van der Waals surface area (Å²) in [7, 11) is 0. The zero-order chi connectivity index (χ0) is 16.8. The Kier molecular flexibility index (Phi) is 6.72. The number of hydrogen-bond acceptors (Lipinski definition) is 2. The Balaban J connectivity index is 1.67. The van der Waals surface area contributed by atoms with Gasteiger partial charge in [0.15, 0.2) is 5.11 Å². The second kappa shape index (κ2) is 8.55. The van der Waals surface area contributed by atoms with Gasteiger partial charge in [0.1, 0.15) is 11.6 Å². The van der Waals surface area contributed by atoms with Crippen molar-refractivity contribution in [2.75, 3.05) is 31.5 Å². The lowest BCUT2D eigenvalue weighted by Gasteiger charge is -2.34. The molecular formula is C17H25F2N3S. The highest BCUT2D eigenvalue weighted by Crippen LogP contribution is 2.20. The first-order valence-corrected chi connectivity index (χ1v) is 8.57. The van der Waals surface area contributed by atoms with Gasteiger partial charge in [-0.25, -0.2) is 8.78 Å². The second-order valence-corrected chi connectivity index (χ2v) is 6.97. The summed E-state index contributed by atoms with van der Waals surface area (Å²) >= 11 is 5.14. The van der Waals surface area contributed by atoms with Crippen molar-refractivity contribution in [1.82, 2.24) is 10.2 Å². The highest BCUT2D eigenvalue weighted by atomic mass is 32.1. The number of hydrogen-bond donors (Lipinski definition) is 2. The number of thiocarbonyl (C=S) groups is 1. The molecule has 1 aromatic rings. The summed E-state index contributed by atoms with van der Waals surface area (Å²) in [5.74, 6) is 0.272. The Morgan fingerprint density at radius 2 is 1.96 bits per heavy atom. The number of anilines is 1. The molecule has 1 saturated heterocycles. The Labute approximate surface area is 142 Å². The van der Waals surface area contributed by atoms with Crippen LogP contribution in [0.3, 0.4) is 0 Å². The molecule has 1 aromatic carbocycles. The summed E-state index contributed by atoms with van der Waals surface area (Å²) in [5, 5.41) is 6.18. The van der Waals surface area contributed by atoms with Gasteiger partial charge in [-0.3, -0.25) is 0 Å². The maximum Gasteiger partial charge on any atom is 0.170 e. The highest BCUT2D eigenvalue weighted by molar-refractivity contribution is 7.80. The Morgan fingerprint density at radius 1 is 1.26 bits per heavy atom. The van der Waals surface area contributed by atoms with E-state index in [1.165, 1.54) is 18.6 Å². The standard InChI is InChI=1S/C17H25F2N3S/c1-12-8-13(2)11-22(10-12)7-3-6-20-17(23)21-16-5-4-14(18)9-15(16)19/h4-5,9,12-13H,3,6-8,10-11H2,1-2H3,(H2,20,21,23)/t12-,13-/m0/s1. The number of rotatable bonds is 5. The molecule has 128 valence electrons. The molecule has 2 rings (SSSR count). The van der Waals surface area contributed by atoms with Crippen molar-refractivity contribution < 1.29 is 8.78 Å². The molecule has 0 aliphatic carbocycles. The van der Waals surface area contributed by atoms with E-state index in [4.69, 9.17) is 12.2 Å². The molecule has 0 radical (unpaired) electrons. The second-order valence-electron chi connectivity index (χ2n) is 6.56. The number of nitrogens with one attached hydrogen (secondary N) is 2. The van der Waals surface area contributed by atoms with E-state index in [-0.39, 0.29) is 5.69 Å². The van der Waals surface area contributed by atoms with Crippen LogP contribution in [0.2, 0.25) is 0 Å². The number of nitrogens with zero attached hydrogens (tertiary/aromatic N) is 1. The summed E-state index contributed by atoms with van der Waals surface area (Å²) in [6.07, 6.45) is 2.29. The first-order chi connectivity index (χ1) is 10.9. The summed E-state index contributed by atoms with van der Waals surface area (Å²) in [6.45, 7) is 8.69. The average Bonchev–Trinajstić information content (AvgIpc) is 2.46. The molecule has 0 saturated carbocycles. The minimum atomic E-state index is -0.648. The molecular weight excluding hydrogens is 316 g/mol. The summed E-state index contributed by atoms with van der Waals surface area (Å²) < 4.78 is 26.4. The largest absolute Gasteiger partial charge is 0.362 e. The van der Waals surface area contributed by atoms with Crippen LogP contribution in [0.5, 0.6) is 0 Å². The van der Waals surface area contributed by atoms with Crippen molar-refractivity contribution in [2.45, 2.75) is 26.7 Å². The Morgan fingerprint density at radius 3 is 2.61 bits per heavy atom. The molecule has 0 unspecified atom stereocenters. The third kappa shape index (κ3) is 6.03. The normalized spacial score (nSPS) is 21.9. The van der Waals surface area contributed by atoms with E-state index in [9.17, 15) is 8.78 Å². The average molecular weight is 341 g/mol. The topological polar surface area (TPSA) is 27.3 Å². The van der Waals surface area contributed by atoms with Crippen molar-refractivity contribution in [3.05, 3.63) is 29.8 Å². The molecule has 0 amide bonds. The van der Waals surface area contributed by atoms with Gasteiger partial charge in [-0.05, 0) is 55.6 Å². The van der Waals surface area contributed by atoms with Gasteiger partial charge in [0.2, 0.25) is 0 Å². The van der Waals surface area contributed by atoms with E-state index < -0.39 is 11.6 Å². The fourth-order valence-electron chi connectivity index (χ4n) is 3.24. The van der Waals surface area contributed by atoms with Gasteiger partial charge in [-0.2, -0.15) is 0 Å². The number of likely N-dealkylation sites (tertiary alicyclic amines) is 1. The molecule has 2 N–H and O–H groups in total.